The Bertz CT molecular complexity index is 231. The molecular formula is C14H31N3O. The van der Waals surface area contributed by atoms with Crippen LogP contribution >= 0.6 is 0 Å². The second-order valence-electron chi connectivity index (χ2n) is 5.42. The molecule has 3 N–H and O–H groups in total. The Hall–Kier alpha value is -0.610. The third-order valence-corrected chi connectivity index (χ3v) is 3.31. The normalized spacial score (nSPS) is 14.9. The maximum Gasteiger partial charge on any atom is 0.221 e. The molecule has 18 heavy (non-hydrogen) atoms. The van der Waals surface area contributed by atoms with Crippen molar-refractivity contribution in [3.05, 3.63) is 0 Å². The zero-order chi connectivity index (χ0) is 14.1. The number of nitrogens with zero attached hydrogens (tertiary/aromatic N) is 1. The predicted molar refractivity (Wildman–Crippen MR) is 77.4 cm³/mol. The lowest BCUT2D eigenvalue weighted by molar-refractivity contribution is -0.122. The highest BCUT2D eigenvalue weighted by Crippen LogP contribution is 2.10. The maximum atomic E-state index is 11.8. The van der Waals surface area contributed by atoms with E-state index in [-0.39, 0.29) is 18.0 Å². The molecule has 0 radical (unpaired) electrons. The molecule has 4 nitrogen and oxygen atoms in total. The molecule has 108 valence electrons. The summed E-state index contributed by atoms with van der Waals surface area (Å²) in [6.45, 7) is 13.0. The van der Waals surface area contributed by atoms with E-state index in [1.54, 1.807) is 0 Å². The second kappa shape index (κ2) is 9.34. The summed E-state index contributed by atoms with van der Waals surface area (Å²) in [4.78, 5) is 14.1. The summed E-state index contributed by atoms with van der Waals surface area (Å²) >= 11 is 0. The number of rotatable bonds is 9. The van der Waals surface area contributed by atoms with Gasteiger partial charge < -0.3 is 11.1 Å². The molecule has 0 aliphatic rings. The summed E-state index contributed by atoms with van der Waals surface area (Å²) < 4.78 is 0. The molecule has 0 aromatic rings. The predicted octanol–water partition coefficient (Wildman–Crippen LogP) is 1.60. The Balaban J connectivity index is 4.38. The van der Waals surface area contributed by atoms with Crippen LogP contribution in [0.2, 0.25) is 0 Å². The molecule has 2 atom stereocenters. The van der Waals surface area contributed by atoms with Crippen molar-refractivity contribution in [2.45, 2.75) is 59.5 Å². The van der Waals surface area contributed by atoms with Crippen LogP contribution in [0.1, 0.15) is 47.5 Å². The van der Waals surface area contributed by atoms with Gasteiger partial charge in [0, 0.05) is 31.6 Å². The molecular weight excluding hydrogens is 226 g/mol. The van der Waals surface area contributed by atoms with Crippen molar-refractivity contribution in [1.29, 1.82) is 0 Å². The van der Waals surface area contributed by atoms with E-state index < -0.39 is 0 Å². The van der Waals surface area contributed by atoms with Crippen LogP contribution in [-0.2, 0) is 4.79 Å². The zero-order valence-corrected chi connectivity index (χ0v) is 12.7. The van der Waals surface area contributed by atoms with Crippen molar-refractivity contribution >= 4 is 5.91 Å². The topological polar surface area (TPSA) is 58.4 Å². The largest absolute Gasteiger partial charge is 0.354 e. The molecule has 0 aromatic carbocycles. The smallest absolute Gasteiger partial charge is 0.221 e. The molecule has 0 spiro atoms. The molecule has 1 amide bonds. The minimum atomic E-state index is 0.100. The average molecular weight is 257 g/mol. The molecule has 0 bridgehead atoms. The number of hydrogen-bond acceptors (Lipinski definition) is 3. The fraction of sp³-hybridized carbons (Fsp3) is 0.929. The third-order valence-electron chi connectivity index (χ3n) is 3.31. The summed E-state index contributed by atoms with van der Waals surface area (Å²) in [5, 5.41) is 2.93. The first-order valence-corrected chi connectivity index (χ1v) is 7.17. The highest BCUT2D eigenvalue weighted by molar-refractivity contribution is 5.76. The lowest BCUT2D eigenvalue weighted by Gasteiger charge is -2.31. The summed E-state index contributed by atoms with van der Waals surface area (Å²) in [5.41, 5.74) is 5.82. The van der Waals surface area contributed by atoms with Gasteiger partial charge in [0.05, 0.1) is 0 Å². The summed E-state index contributed by atoms with van der Waals surface area (Å²) in [6.07, 6.45) is 1.66. The average Bonchev–Trinajstić information content (AvgIpc) is 2.32. The molecule has 0 saturated heterocycles. The molecule has 0 aliphatic carbocycles. The van der Waals surface area contributed by atoms with E-state index in [2.05, 4.69) is 31.0 Å². The van der Waals surface area contributed by atoms with Gasteiger partial charge >= 0.3 is 0 Å². The zero-order valence-electron chi connectivity index (χ0n) is 12.7. The minimum absolute atomic E-state index is 0.100. The monoisotopic (exact) mass is 257 g/mol. The van der Waals surface area contributed by atoms with Crippen LogP contribution < -0.4 is 11.1 Å². The Kier molecular flexibility index (Phi) is 9.02. The molecule has 0 fully saturated rings. The SMILES string of the molecule is CCC(C)CN(CC)C(CN)CC(=O)NC(C)C. The van der Waals surface area contributed by atoms with Crippen molar-refractivity contribution in [2.75, 3.05) is 19.6 Å². The number of carbonyl (C=O) groups excluding carboxylic acids is 1. The van der Waals surface area contributed by atoms with Crippen molar-refractivity contribution in [3.8, 4) is 0 Å². The number of nitrogens with one attached hydrogen (secondary N) is 1. The van der Waals surface area contributed by atoms with Gasteiger partial charge in [-0.2, -0.15) is 0 Å². The Morgan fingerprint density at radius 1 is 1.28 bits per heavy atom. The van der Waals surface area contributed by atoms with Crippen molar-refractivity contribution in [2.24, 2.45) is 11.7 Å². The molecule has 0 aliphatic heterocycles. The molecule has 4 heteroatoms. The molecule has 0 rings (SSSR count). The van der Waals surface area contributed by atoms with Crippen LogP contribution in [0.5, 0.6) is 0 Å². The van der Waals surface area contributed by atoms with Crippen LogP contribution in [-0.4, -0.2) is 42.5 Å². The van der Waals surface area contributed by atoms with Gasteiger partial charge in [0.1, 0.15) is 0 Å². The standard InChI is InChI=1S/C14H31N3O/c1-6-12(5)10-17(7-2)13(9-15)8-14(18)16-11(3)4/h11-13H,6-10,15H2,1-5H3,(H,16,18). The van der Waals surface area contributed by atoms with E-state index in [0.717, 1.165) is 19.5 Å². The number of nitrogens with two attached hydrogens (primary N) is 1. The number of hydrogen-bond donors (Lipinski definition) is 2. The van der Waals surface area contributed by atoms with E-state index >= 15 is 0 Å². The van der Waals surface area contributed by atoms with E-state index in [0.29, 0.717) is 18.9 Å². The molecule has 0 saturated carbocycles. The van der Waals surface area contributed by atoms with Gasteiger partial charge in [0.15, 0.2) is 0 Å². The Morgan fingerprint density at radius 3 is 2.28 bits per heavy atom. The highest BCUT2D eigenvalue weighted by Gasteiger charge is 2.20. The van der Waals surface area contributed by atoms with Crippen LogP contribution in [0, 0.1) is 5.92 Å². The number of carbonyl (C=O) groups is 1. The first kappa shape index (κ1) is 17.4. The summed E-state index contributed by atoms with van der Waals surface area (Å²) in [6, 6.07) is 0.350. The van der Waals surface area contributed by atoms with Gasteiger partial charge in [-0.25, -0.2) is 0 Å². The van der Waals surface area contributed by atoms with E-state index in [1.807, 2.05) is 13.8 Å². The summed E-state index contributed by atoms with van der Waals surface area (Å²) in [5.74, 6) is 0.746. The molecule has 0 aromatic heterocycles. The van der Waals surface area contributed by atoms with Gasteiger partial charge in [-0.15, -0.1) is 0 Å². The first-order valence-electron chi connectivity index (χ1n) is 7.17. The quantitative estimate of drug-likeness (QED) is 0.659. The van der Waals surface area contributed by atoms with Crippen molar-refractivity contribution in [1.82, 2.24) is 10.2 Å². The van der Waals surface area contributed by atoms with E-state index in [1.165, 1.54) is 0 Å². The molecule has 2 unspecified atom stereocenters. The highest BCUT2D eigenvalue weighted by atomic mass is 16.1. The van der Waals surface area contributed by atoms with Crippen molar-refractivity contribution in [3.63, 3.8) is 0 Å². The third kappa shape index (κ3) is 6.97. The van der Waals surface area contributed by atoms with Crippen LogP contribution in [0.25, 0.3) is 0 Å². The fourth-order valence-electron chi connectivity index (χ4n) is 2.02. The van der Waals surface area contributed by atoms with Gasteiger partial charge in [-0.3, -0.25) is 9.69 Å². The maximum absolute atomic E-state index is 11.8. The van der Waals surface area contributed by atoms with Crippen LogP contribution in [0.4, 0.5) is 0 Å². The second-order valence-corrected chi connectivity index (χ2v) is 5.42. The Morgan fingerprint density at radius 2 is 1.89 bits per heavy atom. The van der Waals surface area contributed by atoms with Gasteiger partial charge in [0.2, 0.25) is 5.91 Å². The minimum Gasteiger partial charge on any atom is -0.354 e. The van der Waals surface area contributed by atoms with Crippen molar-refractivity contribution < 1.29 is 4.79 Å². The van der Waals surface area contributed by atoms with E-state index in [4.69, 9.17) is 5.73 Å². The number of likely N-dealkylation sites (N-methyl/N-ethyl adjacent to an activating group) is 1. The van der Waals surface area contributed by atoms with E-state index in [9.17, 15) is 4.79 Å². The van der Waals surface area contributed by atoms with Gasteiger partial charge in [-0.1, -0.05) is 27.2 Å². The summed E-state index contributed by atoms with van der Waals surface area (Å²) in [7, 11) is 0. The van der Waals surface area contributed by atoms with Gasteiger partial charge in [0.25, 0.3) is 0 Å². The lowest BCUT2D eigenvalue weighted by atomic mass is 10.1. The Labute approximate surface area is 112 Å². The lowest BCUT2D eigenvalue weighted by Crippen LogP contribution is -2.46. The van der Waals surface area contributed by atoms with Crippen LogP contribution in [0.3, 0.4) is 0 Å². The first-order chi connectivity index (χ1) is 8.44. The van der Waals surface area contributed by atoms with Crippen LogP contribution in [0.15, 0.2) is 0 Å². The fourth-order valence-corrected chi connectivity index (χ4v) is 2.02. The molecule has 0 heterocycles. The van der Waals surface area contributed by atoms with Gasteiger partial charge in [-0.05, 0) is 26.3 Å². The number of amides is 1.